The van der Waals surface area contributed by atoms with E-state index in [1.165, 1.54) is 19.3 Å². The molecule has 1 saturated heterocycles. The lowest BCUT2D eigenvalue weighted by Gasteiger charge is -2.38. The SMILES string of the molecule is Cc1ccc(NC(=O)C(=O)NC[C@H](C)N2CCCC[C@@H]2C)c2cccnc12. The second kappa shape index (κ2) is 8.48. The van der Waals surface area contributed by atoms with Gasteiger partial charge in [0.05, 0.1) is 11.2 Å². The minimum absolute atomic E-state index is 0.210. The van der Waals surface area contributed by atoms with Crippen molar-refractivity contribution in [1.29, 1.82) is 0 Å². The maximum absolute atomic E-state index is 12.3. The largest absolute Gasteiger partial charge is 0.346 e. The first-order valence-corrected chi connectivity index (χ1v) is 9.66. The molecule has 0 bridgehead atoms. The molecule has 1 aromatic heterocycles. The van der Waals surface area contributed by atoms with Gasteiger partial charge in [0, 0.05) is 30.2 Å². The lowest BCUT2D eigenvalue weighted by molar-refractivity contribution is -0.136. The molecule has 1 aliphatic rings. The van der Waals surface area contributed by atoms with Gasteiger partial charge in [-0.3, -0.25) is 19.5 Å². The number of piperidine rings is 1. The Morgan fingerprint density at radius 2 is 2.07 bits per heavy atom. The monoisotopic (exact) mass is 368 g/mol. The predicted octanol–water partition coefficient (Wildman–Crippen LogP) is 2.86. The Balaban J connectivity index is 1.60. The third-order valence-corrected chi connectivity index (χ3v) is 5.40. The van der Waals surface area contributed by atoms with Crippen LogP contribution in [-0.4, -0.2) is 46.9 Å². The summed E-state index contributed by atoms with van der Waals surface area (Å²) in [6.45, 7) is 7.80. The summed E-state index contributed by atoms with van der Waals surface area (Å²) in [5.41, 5.74) is 2.45. The second-order valence-electron chi connectivity index (χ2n) is 7.43. The van der Waals surface area contributed by atoms with Crippen molar-refractivity contribution in [3.05, 3.63) is 36.0 Å². The van der Waals surface area contributed by atoms with Gasteiger partial charge in [-0.15, -0.1) is 0 Å². The third-order valence-electron chi connectivity index (χ3n) is 5.40. The minimum Gasteiger partial charge on any atom is -0.346 e. The number of pyridine rings is 1. The number of benzene rings is 1. The average Bonchev–Trinajstić information content (AvgIpc) is 2.68. The molecule has 27 heavy (non-hydrogen) atoms. The summed E-state index contributed by atoms with van der Waals surface area (Å²) in [6.07, 6.45) is 5.36. The Kier molecular flexibility index (Phi) is 6.06. The zero-order valence-corrected chi connectivity index (χ0v) is 16.3. The quantitative estimate of drug-likeness (QED) is 0.814. The molecule has 3 rings (SSSR count). The van der Waals surface area contributed by atoms with Crippen LogP contribution in [-0.2, 0) is 9.59 Å². The number of aryl methyl sites for hydroxylation is 1. The number of rotatable bonds is 4. The second-order valence-corrected chi connectivity index (χ2v) is 7.43. The van der Waals surface area contributed by atoms with Gasteiger partial charge in [0.2, 0.25) is 0 Å². The molecular weight excluding hydrogens is 340 g/mol. The summed E-state index contributed by atoms with van der Waals surface area (Å²) >= 11 is 0. The smallest absolute Gasteiger partial charge is 0.313 e. The first-order chi connectivity index (χ1) is 13.0. The van der Waals surface area contributed by atoms with Crippen molar-refractivity contribution in [2.45, 2.75) is 52.1 Å². The lowest BCUT2D eigenvalue weighted by Crippen LogP contribution is -2.49. The first kappa shape index (κ1) is 19.3. The van der Waals surface area contributed by atoms with Crippen LogP contribution in [0.15, 0.2) is 30.5 Å². The summed E-state index contributed by atoms with van der Waals surface area (Å²) in [7, 11) is 0. The fourth-order valence-corrected chi connectivity index (χ4v) is 3.82. The van der Waals surface area contributed by atoms with Crippen molar-refractivity contribution >= 4 is 28.4 Å². The van der Waals surface area contributed by atoms with Crippen LogP contribution in [0.2, 0.25) is 0 Å². The number of hydrogen-bond acceptors (Lipinski definition) is 4. The van der Waals surface area contributed by atoms with Crippen molar-refractivity contribution < 1.29 is 9.59 Å². The van der Waals surface area contributed by atoms with Gasteiger partial charge in [-0.2, -0.15) is 0 Å². The fraction of sp³-hybridized carbons (Fsp3) is 0.476. The molecule has 2 N–H and O–H groups in total. The summed E-state index contributed by atoms with van der Waals surface area (Å²) in [5, 5.41) is 6.32. The van der Waals surface area contributed by atoms with E-state index in [1.54, 1.807) is 6.20 Å². The van der Waals surface area contributed by atoms with Crippen LogP contribution in [0.4, 0.5) is 5.69 Å². The standard InChI is InChI=1S/C21H28N4O2/c1-14-9-10-18(17-8-6-11-22-19(14)17)24-21(27)20(26)23-13-16(3)25-12-5-4-7-15(25)2/h6,8-11,15-16H,4-5,7,12-13H2,1-3H3,(H,23,26)(H,24,27)/t15-,16-/m0/s1. The molecule has 1 aromatic carbocycles. The highest BCUT2D eigenvalue weighted by Gasteiger charge is 2.24. The lowest BCUT2D eigenvalue weighted by atomic mass is 10.0. The van der Waals surface area contributed by atoms with Crippen molar-refractivity contribution in [3.8, 4) is 0 Å². The number of aromatic nitrogens is 1. The van der Waals surface area contributed by atoms with E-state index in [2.05, 4.69) is 34.4 Å². The molecule has 1 fully saturated rings. The van der Waals surface area contributed by atoms with Crippen LogP contribution in [0.3, 0.4) is 0 Å². The molecule has 2 amide bonds. The van der Waals surface area contributed by atoms with Crippen LogP contribution in [0.1, 0.15) is 38.7 Å². The number of nitrogens with zero attached hydrogens (tertiary/aromatic N) is 2. The number of anilines is 1. The molecule has 2 atom stereocenters. The highest BCUT2D eigenvalue weighted by Crippen LogP contribution is 2.24. The highest BCUT2D eigenvalue weighted by atomic mass is 16.2. The molecule has 6 nitrogen and oxygen atoms in total. The average molecular weight is 368 g/mol. The predicted molar refractivity (Wildman–Crippen MR) is 108 cm³/mol. The molecule has 2 aromatic rings. The maximum atomic E-state index is 12.3. The van der Waals surface area contributed by atoms with Crippen molar-refractivity contribution in [3.63, 3.8) is 0 Å². The third kappa shape index (κ3) is 4.45. The van der Waals surface area contributed by atoms with E-state index >= 15 is 0 Å². The van der Waals surface area contributed by atoms with E-state index in [4.69, 9.17) is 0 Å². The topological polar surface area (TPSA) is 74.3 Å². The van der Waals surface area contributed by atoms with Crippen LogP contribution in [0.5, 0.6) is 0 Å². The molecule has 6 heteroatoms. The first-order valence-electron chi connectivity index (χ1n) is 9.66. The van der Waals surface area contributed by atoms with Crippen molar-refractivity contribution in [2.75, 3.05) is 18.4 Å². The number of fused-ring (bicyclic) bond motifs is 1. The molecule has 144 valence electrons. The van der Waals surface area contributed by atoms with Gasteiger partial charge in [-0.25, -0.2) is 0 Å². The Morgan fingerprint density at radius 1 is 1.26 bits per heavy atom. The summed E-state index contributed by atoms with van der Waals surface area (Å²) < 4.78 is 0. The fourth-order valence-electron chi connectivity index (χ4n) is 3.82. The molecule has 0 aliphatic carbocycles. The van der Waals surface area contributed by atoms with Crippen LogP contribution >= 0.6 is 0 Å². The summed E-state index contributed by atoms with van der Waals surface area (Å²) in [5.74, 6) is -1.26. The molecule has 0 spiro atoms. The van der Waals surface area contributed by atoms with E-state index in [-0.39, 0.29) is 6.04 Å². The highest BCUT2D eigenvalue weighted by molar-refractivity contribution is 6.40. The minimum atomic E-state index is -0.650. The van der Waals surface area contributed by atoms with Gasteiger partial charge in [0.1, 0.15) is 0 Å². The Morgan fingerprint density at radius 3 is 2.85 bits per heavy atom. The Bertz CT molecular complexity index is 836. The molecule has 0 radical (unpaired) electrons. The molecule has 0 unspecified atom stereocenters. The number of nitrogens with one attached hydrogen (secondary N) is 2. The normalized spacial score (nSPS) is 18.9. The Labute approximate surface area is 160 Å². The maximum Gasteiger partial charge on any atom is 0.313 e. The van der Waals surface area contributed by atoms with Gasteiger partial charge in [0.15, 0.2) is 0 Å². The summed E-state index contributed by atoms with van der Waals surface area (Å²) in [6, 6.07) is 8.14. The number of carbonyl (C=O) groups excluding carboxylic acids is 2. The van der Waals surface area contributed by atoms with E-state index in [9.17, 15) is 9.59 Å². The van der Waals surface area contributed by atoms with Gasteiger partial charge in [-0.1, -0.05) is 12.5 Å². The van der Waals surface area contributed by atoms with Crippen molar-refractivity contribution in [1.82, 2.24) is 15.2 Å². The van der Waals surface area contributed by atoms with Gasteiger partial charge >= 0.3 is 11.8 Å². The number of carbonyl (C=O) groups is 2. The van der Waals surface area contributed by atoms with Gasteiger partial charge in [-0.05, 0) is 63.9 Å². The van der Waals surface area contributed by atoms with Crippen LogP contribution in [0.25, 0.3) is 10.9 Å². The van der Waals surface area contributed by atoms with Gasteiger partial charge < -0.3 is 10.6 Å². The summed E-state index contributed by atoms with van der Waals surface area (Å²) in [4.78, 5) is 31.4. The van der Waals surface area contributed by atoms with Gasteiger partial charge in [0.25, 0.3) is 0 Å². The zero-order valence-electron chi connectivity index (χ0n) is 16.3. The van der Waals surface area contributed by atoms with E-state index in [0.717, 1.165) is 23.0 Å². The number of amides is 2. The molecule has 1 aliphatic heterocycles. The number of hydrogen-bond donors (Lipinski definition) is 2. The molecule has 2 heterocycles. The molecule has 0 saturated carbocycles. The van der Waals surface area contributed by atoms with Crippen molar-refractivity contribution in [2.24, 2.45) is 0 Å². The molecular formula is C21H28N4O2. The van der Waals surface area contributed by atoms with Crippen LogP contribution in [0, 0.1) is 6.92 Å². The van der Waals surface area contributed by atoms with E-state index in [0.29, 0.717) is 18.3 Å². The van der Waals surface area contributed by atoms with E-state index < -0.39 is 11.8 Å². The Hall–Kier alpha value is -2.47. The van der Waals surface area contributed by atoms with E-state index in [1.807, 2.05) is 31.2 Å². The number of likely N-dealkylation sites (tertiary alicyclic amines) is 1. The van der Waals surface area contributed by atoms with Crippen LogP contribution < -0.4 is 10.6 Å². The zero-order chi connectivity index (χ0) is 19.4.